The van der Waals surface area contributed by atoms with Crippen LogP contribution in [0.5, 0.6) is 0 Å². The molecule has 2 heterocycles. The van der Waals surface area contributed by atoms with Gasteiger partial charge in [-0.3, -0.25) is 9.78 Å². The number of hydrogen-bond acceptors (Lipinski definition) is 4. The molecule has 0 aromatic carbocycles. The molecular formula is C16H21N5O. The van der Waals surface area contributed by atoms with Crippen LogP contribution in [0.25, 0.3) is 0 Å². The molecule has 3 rings (SSSR count). The first-order valence-electron chi connectivity index (χ1n) is 7.69. The normalized spacial score (nSPS) is 15.5. The van der Waals surface area contributed by atoms with Crippen molar-refractivity contribution in [1.29, 1.82) is 0 Å². The average molecular weight is 299 g/mol. The van der Waals surface area contributed by atoms with E-state index in [9.17, 15) is 4.79 Å². The van der Waals surface area contributed by atoms with Gasteiger partial charge < -0.3 is 9.88 Å². The first-order chi connectivity index (χ1) is 10.6. The number of aromatic nitrogens is 4. The average Bonchev–Trinajstić information content (AvgIpc) is 3.26. The summed E-state index contributed by atoms with van der Waals surface area (Å²) >= 11 is 0. The predicted octanol–water partition coefficient (Wildman–Crippen LogP) is 1.72. The zero-order valence-corrected chi connectivity index (χ0v) is 13.0. The van der Waals surface area contributed by atoms with Crippen LogP contribution in [0, 0.1) is 12.8 Å². The number of hydrogen-bond donors (Lipinski definition) is 1. The maximum Gasteiger partial charge on any atom is 0.220 e. The largest absolute Gasteiger partial charge is 0.347 e. The van der Waals surface area contributed by atoms with Gasteiger partial charge in [0.05, 0.1) is 11.7 Å². The molecule has 1 aliphatic rings. The summed E-state index contributed by atoms with van der Waals surface area (Å²) < 4.78 is 1.84. The quantitative estimate of drug-likeness (QED) is 0.881. The molecule has 0 bridgehead atoms. The molecule has 22 heavy (non-hydrogen) atoms. The van der Waals surface area contributed by atoms with Crippen molar-refractivity contribution >= 4 is 5.91 Å². The van der Waals surface area contributed by atoms with Crippen molar-refractivity contribution in [3.05, 3.63) is 41.7 Å². The highest BCUT2D eigenvalue weighted by molar-refractivity contribution is 5.76. The van der Waals surface area contributed by atoms with Crippen molar-refractivity contribution < 1.29 is 4.79 Å². The molecule has 2 aromatic rings. The second-order valence-corrected chi connectivity index (χ2v) is 5.95. The lowest BCUT2D eigenvalue weighted by Gasteiger charge is -2.19. The van der Waals surface area contributed by atoms with Crippen LogP contribution in [0.15, 0.2) is 24.7 Å². The van der Waals surface area contributed by atoms with Crippen molar-refractivity contribution in [2.45, 2.75) is 38.6 Å². The Morgan fingerprint density at radius 3 is 2.95 bits per heavy atom. The molecule has 1 amide bonds. The van der Waals surface area contributed by atoms with Crippen LogP contribution in [0.4, 0.5) is 0 Å². The summed E-state index contributed by atoms with van der Waals surface area (Å²) in [6, 6.07) is 4.01. The summed E-state index contributed by atoms with van der Waals surface area (Å²) in [5.41, 5.74) is 2.13. The minimum atomic E-state index is 0.0354. The maximum absolute atomic E-state index is 12.3. The van der Waals surface area contributed by atoms with Gasteiger partial charge in [0.2, 0.25) is 5.91 Å². The van der Waals surface area contributed by atoms with E-state index in [1.165, 1.54) is 0 Å². The van der Waals surface area contributed by atoms with E-state index in [-0.39, 0.29) is 11.9 Å². The highest BCUT2D eigenvalue weighted by Gasteiger charge is 2.34. The van der Waals surface area contributed by atoms with Crippen LogP contribution >= 0.6 is 0 Å². The monoisotopic (exact) mass is 299 g/mol. The summed E-state index contributed by atoms with van der Waals surface area (Å²) in [7, 11) is 1.89. The molecule has 6 nitrogen and oxygen atoms in total. The fourth-order valence-electron chi connectivity index (χ4n) is 2.67. The second kappa shape index (κ2) is 6.25. The van der Waals surface area contributed by atoms with Crippen LogP contribution < -0.4 is 5.32 Å². The number of carbonyl (C=O) groups excluding carboxylic acids is 1. The zero-order chi connectivity index (χ0) is 15.5. The van der Waals surface area contributed by atoms with Gasteiger partial charge >= 0.3 is 0 Å². The molecule has 0 aliphatic heterocycles. The van der Waals surface area contributed by atoms with Gasteiger partial charge in [-0.15, -0.1) is 10.2 Å². The predicted molar refractivity (Wildman–Crippen MR) is 81.9 cm³/mol. The number of amides is 1. The standard InChI is InChI=1S/C16H21N5O/c1-11-4-3-9-17-15(11)16(12-5-6-12)19-14(22)8-7-13-20-18-10-21(13)2/h3-4,9-10,12,16H,5-8H2,1-2H3,(H,19,22). The summed E-state index contributed by atoms with van der Waals surface area (Å²) in [5.74, 6) is 1.39. The molecular weight excluding hydrogens is 278 g/mol. The number of carbonyl (C=O) groups is 1. The molecule has 0 saturated heterocycles. The lowest BCUT2D eigenvalue weighted by Crippen LogP contribution is -2.31. The first kappa shape index (κ1) is 14.7. The van der Waals surface area contributed by atoms with Gasteiger partial charge in [-0.1, -0.05) is 6.07 Å². The van der Waals surface area contributed by atoms with E-state index < -0.39 is 0 Å². The van der Waals surface area contributed by atoms with Gasteiger partial charge in [-0.25, -0.2) is 0 Å². The summed E-state index contributed by atoms with van der Waals surface area (Å²) in [4.78, 5) is 16.8. The van der Waals surface area contributed by atoms with Crippen molar-refractivity contribution in [2.24, 2.45) is 13.0 Å². The molecule has 1 atom stereocenters. The third-order valence-corrected chi connectivity index (χ3v) is 4.14. The molecule has 116 valence electrons. The van der Waals surface area contributed by atoms with Gasteiger partial charge in [-0.05, 0) is 37.3 Å². The zero-order valence-electron chi connectivity index (χ0n) is 13.0. The minimum Gasteiger partial charge on any atom is -0.347 e. The highest BCUT2D eigenvalue weighted by atomic mass is 16.1. The summed E-state index contributed by atoms with van der Waals surface area (Å²) in [6.45, 7) is 2.05. The smallest absolute Gasteiger partial charge is 0.220 e. The highest BCUT2D eigenvalue weighted by Crippen LogP contribution is 2.41. The third kappa shape index (κ3) is 3.32. The molecule has 6 heteroatoms. The number of aryl methyl sites for hydroxylation is 3. The van der Waals surface area contributed by atoms with Gasteiger partial charge in [0.25, 0.3) is 0 Å². The lowest BCUT2D eigenvalue weighted by molar-refractivity contribution is -0.122. The fraction of sp³-hybridized carbons (Fsp3) is 0.500. The van der Waals surface area contributed by atoms with Crippen LogP contribution in [-0.4, -0.2) is 25.7 Å². The van der Waals surface area contributed by atoms with Gasteiger partial charge in [-0.2, -0.15) is 0 Å². The summed E-state index contributed by atoms with van der Waals surface area (Å²) in [5, 5.41) is 11.0. The Balaban J connectivity index is 1.63. The van der Waals surface area contributed by atoms with E-state index in [4.69, 9.17) is 0 Å². The van der Waals surface area contributed by atoms with E-state index in [1.807, 2.05) is 30.7 Å². The van der Waals surface area contributed by atoms with E-state index in [0.29, 0.717) is 18.8 Å². The number of nitrogens with zero attached hydrogens (tertiary/aromatic N) is 4. The van der Waals surface area contributed by atoms with E-state index in [2.05, 4.69) is 20.5 Å². The number of rotatable bonds is 6. The Kier molecular flexibility index (Phi) is 4.18. The van der Waals surface area contributed by atoms with Crippen LogP contribution in [0.2, 0.25) is 0 Å². The molecule has 1 fully saturated rings. The Morgan fingerprint density at radius 2 is 2.32 bits per heavy atom. The van der Waals surface area contributed by atoms with Gasteiger partial charge in [0, 0.05) is 26.1 Å². The van der Waals surface area contributed by atoms with Crippen LogP contribution in [0.3, 0.4) is 0 Å². The Morgan fingerprint density at radius 1 is 1.50 bits per heavy atom. The summed E-state index contributed by atoms with van der Waals surface area (Å²) in [6.07, 6.45) is 6.78. The topological polar surface area (TPSA) is 72.7 Å². The van der Waals surface area contributed by atoms with Crippen molar-refractivity contribution in [1.82, 2.24) is 25.1 Å². The van der Waals surface area contributed by atoms with E-state index in [0.717, 1.165) is 29.9 Å². The molecule has 1 aliphatic carbocycles. The van der Waals surface area contributed by atoms with Crippen molar-refractivity contribution in [3.63, 3.8) is 0 Å². The Hall–Kier alpha value is -2.24. The third-order valence-electron chi connectivity index (χ3n) is 4.14. The van der Waals surface area contributed by atoms with E-state index in [1.54, 1.807) is 12.5 Å². The Labute approximate surface area is 130 Å². The molecule has 0 radical (unpaired) electrons. The number of pyridine rings is 1. The van der Waals surface area contributed by atoms with E-state index >= 15 is 0 Å². The fourth-order valence-corrected chi connectivity index (χ4v) is 2.67. The molecule has 1 unspecified atom stereocenters. The SMILES string of the molecule is Cc1cccnc1C(NC(=O)CCc1nncn1C)C1CC1. The molecule has 0 spiro atoms. The molecule has 1 saturated carbocycles. The lowest BCUT2D eigenvalue weighted by atomic mass is 10.0. The Bertz CT molecular complexity index is 662. The minimum absolute atomic E-state index is 0.0354. The van der Waals surface area contributed by atoms with Crippen molar-refractivity contribution in [2.75, 3.05) is 0 Å². The molecule has 1 N–H and O–H groups in total. The second-order valence-electron chi connectivity index (χ2n) is 5.95. The van der Waals surface area contributed by atoms with Crippen LogP contribution in [-0.2, 0) is 18.3 Å². The number of nitrogens with one attached hydrogen (secondary N) is 1. The maximum atomic E-state index is 12.3. The van der Waals surface area contributed by atoms with Gasteiger partial charge in [0.15, 0.2) is 0 Å². The first-order valence-corrected chi connectivity index (χ1v) is 7.69. The van der Waals surface area contributed by atoms with Crippen molar-refractivity contribution in [3.8, 4) is 0 Å². The molecule has 2 aromatic heterocycles. The van der Waals surface area contributed by atoms with Crippen LogP contribution in [0.1, 0.15) is 42.4 Å². The van der Waals surface area contributed by atoms with Gasteiger partial charge in [0.1, 0.15) is 12.2 Å².